The maximum Gasteiger partial charge on any atom is 0.346 e. The van der Waals surface area contributed by atoms with Crippen LogP contribution in [0.1, 0.15) is 28.9 Å². The number of amides is 1. The molecule has 1 N–H and O–H groups in total. The van der Waals surface area contributed by atoms with E-state index in [1.165, 1.54) is 23.8 Å². The zero-order valence-corrected chi connectivity index (χ0v) is 13.0. The molecule has 0 radical (unpaired) electrons. The Labute approximate surface area is 126 Å². The lowest BCUT2D eigenvalue weighted by Crippen LogP contribution is -2.42. The molecule has 2 heterocycles. The largest absolute Gasteiger partial charge is 0.467 e. The Balaban J connectivity index is 2.40. The smallest absolute Gasteiger partial charge is 0.346 e. The molecule has 1 atom stereocenters. The standard InChI is InChI=1S/C13H17N3O4S/c1-7-9(10(21-3)15-13(19)14-7)11(17)16-6-4-5-8(16)12(18)20-2/h8H,4-6H2,1-3H3,(H,14,15,19). The van der Waals surface area contributed by atoms with Gasteiger partial charge >= 0.3 is 11.7 Å². The topological polar surface area (TPSA) is 92.4 Å². The second-order valence-electron chi connectivity index (χ2n) is 4.73. The summed E-state index contributed by atoms with van der Waals surface area (Å²) < 4.78 is 4.74. The quantitative estimate of drug-likeness (QED) is 0.498. The fraction of sp³-hybridized carbons (Fsp3) is 0.538. The number of esters is 1. The fourth-order valence-electron chi connectivity index (χ4n) is 2.49. The molecule has 1 aromatic rings. The van der Waals surface area contributed by atoms with Crippen LogP contribution in [0.2, 0.25) is 0 Å². The number of carbonyl (C=O) groups is 2. The second-order valence-corrected chi connectivity index (χ2v) is 5.53. The molecule has 0 saturated carbocycles. The normalized spacial score (nSPS) is 17.9. The van der Waals surface area contributed by atoms with Crippen molar-refractivity contribution in [3.05, 3.63) is 21.7 Å². The average Bonchev–Trinajstić information content (AvgIpc) is 2.94. The highest BCUT2D eigenvalue weighted by atomic mass is 32.2. The summed E-state index contributed by atoms with van der Waals surface area (Å²) >= 11 is 1.23. The number of aromatic nitrogens is 2. The Bertz CT molecular complexity index is 628. The zero-order chi connectivity index (χ0) is 15.6. The molecule has 114 valence electrons. The highest BCUT2D eigenvalue weighted by Gasteiger charge is 2.36. The molecule has 0 bridgehead atoms. The van der Waals surface area contributed by atoms with Gasteiger partial charge in [0.25, 0.3) is 5.91 Å². The Morgan fingerprint density at radius 1 is 1.48 bits per heavy atom. The van der Waals surface area contributed by atoms with Crippen molar-refractivity contribution in [3.63, 3.8) is 0 Å². The highest BCUT2D eigenvalue weighted by Crippen LogP contribution is 2.25. The molecule has 1 aromatic heterocycles. The van der Waals surface area contributed by atoms with E-state index >= 15 is 0 Å². The van der Waals surface area contributed by atoms with Crippen molar-refractivity contribution in [2.45, 2.75) is 30.8 Å². The van der Waals surface area contributed by atoms with Crippen molar-refractivity contribution in [2.24, 2.45) is 0 Å². The van der Waals surface area contributed by atoms with E-state index in [-0.39, 0.29) is 5.91 Å². The lowest BCUT2D eigenvalue weighted by Gasteiger charge is -2.23. The van der Waals surface area contributed by atoms with Gasteiger partial charge in [0, 0.05) is 12.2 Å². The van der Waals surface area contributed by atoms with Gasteiger partial charge in [0.05, 0.1) is 12.7 Å². The molecule has 8 heteroatoms. The zero-order valence-electron chi connectivity index (χ0n) is 12.1. The molecule has 0 aliphatic carbocycles. The van der Waals surface area contributed by atoms with Gasteiger partial charge < -0.3 is 14.6 Å². The van der Waals surface area contributed by atoms with Crippen molar-refractivity contribution < 1.29 is 14.3 Å². The summed E-state index contributed by atoms with van der Waals surface area (Å²) in [7, 11) is 1.31. The van der Waals surface area contributed by atoms with Crippen molar-refractivity contribution in [2.75, 3.05) is 19.9 Å². The van der Waals surface area contributed by atoms with Crippen LogP contribution in [0.5, 0.6) is 0 Å². The molecular formula is C13H17N3O4S. The molecule has 0 aromatic carbocycles. The number of H-pyrrole nitrogens is 1. The van der Waals surface area contributed by atoms with Crippen LogP contribution in [0.15, 0.2) is 9.82 Å². The summed E-state index contributed by atoms with van der Waals surface area (Å²) in [4.78, 5) is 43.7. The van der Waals surface area contributed by atoms with Gasteiger partial charge in [0.2, 0.25) is 0 Å². The third-order valence-corrected chi connectivity index (χ3v) is 4.16. The minimum atomic E-state index is -0.566. The molecule has 1 aliphatic heterocycles. The first-order valence-corrected chi connectivity index (χ1v) is 7.75. The third kappa shape index (κ3) is 2.94. The van der Waals surface area contributed by atoms with E-state index in [1.54, 1.807) is 13.2 Å². The van der Waals surface area contributed by atoms with E-state index in [9.17, 15) is 14.4 Å². The second kappa shape index (κ2) is 6.30. The minimum Gasteiger partial charge on any atom is -0.467 e. The summed E-state index contributed by atoms with van der Waals surface area (Å²) in [5, 5.41) is 0.372. The van der Waals surface area contributed by atoms with E-state index in [0.717, 1.165) is 6.42 Å². The number of rotatable bonds is 3. The Morgan fingerprint density at radius 2 is 2.19 bits per heavy atom. The van der Waals surface area contributed by atoms with Crippen molar-refractivity contribution >= 4 is 23.6 Å². The Hall–Kier alpha value is -1.83. The number of hydrogen-bond donors (Lipinski definition) is 1. The van der Waals surface area contributed by atoms with Crippen LogP contribution in [0, 0.1) is 6.92 Å². The van der Waals surface area contributed by atoms with E-state index < -0.39 is 17.7 Å². The Morgan fingerprint density at radius 3 is 2.81 bits per heavy atom. The van der Waals surface area contributed by atoms with Gasteiger partial charge in [-0.25, -0.2) is 9.59 Å². The summed E-state index contributed by atoms with van der Waals surface area (Å²) in [6.45, 7) is 2.14. The summed E-state index contributed by atoms with van der Waals surface area (Å²) in [5.41, 5.74) is 0.317. The van der Waals surface area contributed by atoms with Crippen molar-refractivity contribution in [3.8, 4) is 0 Å². The van der Waals surface area contributed by atoms with Gasteiger partial charge in [-0.2, -0.15) is 4.98 Å². The van der Waals surface area contributed by atoms with Gasteiger partial charge in [-0.3, -0.25) is 4.79 Å². The summed E-state index contributed by atoms with van der Waals surface area (Å²) in [6, 6.07) is -0.566. The van der Waals surface area contributed by atoms with Gasteiger partial charge in [-0.05, 0) is 26.0 Å². The number of aryl methyl sites for hydroxylation is 1. The van der Waals surface area contributed by atoms with Crippen LogP contribution < -0.4 is 5.69 Å². The summed E-state index contributed by atoms with van der Waals surface area (Å²) in [6.07, 6.45) is 3.08. The molecule has 7 nitrogen and oxygen atoms in total. The summed E-state index contributed by atoms with van der Waals surface area (Å²) in [5.74, 6) is -0.713. The van der Waals surface area contributed by atoms with Gasteiger partial charge in [0.1, 0.15) is 11.1 Å². The van der Waals surface area contributed by atoms with Gasteiger partial charge in [-0.15, -0.1) is 11.8 Å². The number of carbonyl (C=O) groups excluding carboxylic acids is 2. The third-order valence-electron chi connectivity index (χ3n) is 3.48. The molecule has 1 aliphatic rings. The maximum atomic E-state index is 12.7. The predicted molar refractivity (Wildman–Crippen MR) is 77.5 cm³/mol. The van der Waals surface area contributed by atoms with E-state index in [4.69, 9.17) is 4.74 Å². The highest BCUT2D eigenvalue weighted by molar-refractivity contribution is 7.98. The molecular weight excluding hydrogens is 294 g/mol. The molecule has 0 spiro atoms. The number of nitrogens with zero attached hydrogens (tertiary/aromatic N) is 2. The molecule has 1 fully saturated rings. The monoisotopic (exact) mass is 311 g/mol. The molecule has 21 heavy (non-hydrogen) atoms. The number of ether oxygens (including phenoxy) is 1. The first-order valence-electron chi connectivity index (χ1n) is 6.53. The minimum absolute atomic E-state index is 0.298. The van der Waals surface area contributed by atoms with E-state index in [2.05, 4.69) is 9.97 Å². The SMILES string of the molecule is COC(=O)C1CCCN1C(=O)c1c(SC)nc(=O)[nH]c1C. The van der Waals surface area contributed by atoms with Crippen molar-refractivity contribution in [1.82, 2.24) is 14.9 Å². The van der Waals surface area contributed by atoms with Gasteiger partial charge in [0.15, 0.2) is 0 Å². The molecule has 1 amide bonds. The molecule has 1 saturated heterocycles. The Kier molecular flexibility index (Phi) is 4.66. The van der Waals surface area contributed by atoms with Gasteiger partial charge in [-0.1, -0.05) is 0 Å². The van der Waals surface area contributed by atoms with Crippen LogP contribution >= 0.6 is 11.8 Å². The van der Waals surface area contributed by atoms with Crippen LogP contribution in [0.4, 0.5) is 0 Å². The van der Waals surface area contributed by atoms with Crippen LogP contribution in [0.25, 0.3) is 0 Å². The lowest BCUT2D eigenvalue weighted by atomic mass is 10.2. The molecule has 2 rings (SSSR count). The van der Waals surface area contributed by atoms with Crippen LogP contribution in [-0.2, 0) is 9.53 Å². The van der Waals surface area contributed by atoms with Crippen molar-refractivity contribution in [1.29, 1.82) is 0 Å². The van der Waals surface area contributed by atoms with Crippen LogP contribution in [0.3, 0.4) is 0 Å². The number of nitrogens with one attached hydrogen (secondary N) is 1. The predicted octanol–water partition coefficient (Wildman–Crippen LogP) is 0.578. The van der Waals surface area contributed by atoms with Crippen LogP contribution in [-0.4, -0.2) is 52.7 Å². The number of hydrogen-bond acceptors (Lipinski definition) is 6. The average molecular weight is 311 g/mol. The lowest BCUT2D eigenvalue weighted by molar-refractivity contribution is -0.145. The fourth-order valence-corrected chi connectivity index (χ4v) is 3.11. The number of methoxy groups -OCH3 is 1. The number of aromatic amines is 1. The maximum absolute atomic E-state index is 12.7. The van der Waals surface area contributed by atoms with E-state index in [0.29, 0.717) is 29.2 Å². The van der Waals surface area contributed by atoms with E-state index in [1.807, 2.05) is 0 Å². The molecule has 1 unspecified atom stereocenters. The first-order chi connectivity index (χ1) is 9.99. The number of likely N-dealkylation sites (tertiary alicyclic amines) is 1. The number of thioether (sulfide) groups is 1. The first kappa shape index (κ1) is 15.6.